The van der Waals surface area contributed by atoms with Gasteiger partial charge in [-0.3, -0.25) is 14.6 Å². The number of aromatic amines is 1. The molecule has 4 aromatic rings. The first kappa shape index (κ1) is 23.3. The molecule has 2 aromatic heterocycles. The number of methoxy groups -OCH3 is 1. The van der Waals surface area contributed by atoms with Gasteiger partial charge in [0.15, 0.2) is 22.2 Å². The second-order valence-corrected chi connectivity index (χ2v) is 8.95. The van der Waals surface area contributed by atoms with Crippen molar-refractivity contribution >= 4 is 44.1 Å². The fourth-order valence-electron chi connectivity index (χ4n) is 3.26. The number of nitrogens with zero attached hydrogens (tertiary/aromatic N) is 2. The lowest BCUT2D eigenvalue weighted by Crippen LogP contribution is -2.16. The molecule has 0 aliphatic heterocycles. The summed E-state index contributed by atoms with van der Waals surface area (Å²) < 4.78 is 77.3. The number of ether oxygens (including phenoxy) is 1. The Bertz CT molecular complexity index is 1580. The van der Waals surface area contributed by atoms with Crippen LogP contribution in [0.15, 0.2) is 41.4 Å². The molecule has 14 heteroatoms. The number of aromatic nitrogens is 3. The zero-order valence-corrected chi connectivity index (χ0v) is 18.6. The lowest BCUT2D eigenvalue weighted by Gasteiger charge is -2.14. The fourth-order valence-corrected chi connectivity index (χ4v) is 4.68. The third-order valence-electron chi connectivity index (χ3n) is 4.75. The molecular weight excluding hydrogens is 499 g/mol. The first-order valence-electron chi connectivity index (χ1n) is 9.21. The highest BCUT2D eigenvalue weighted by molar-refractivity contribution is 7.92. The van der Waals surface area contributed by atoms with Crippen molar-refractivity contribution in [2.24, 2.45) is 5.73 Å². The predicted molar refractivity (Wildman–Crippen MR) is 117 cm³/mol. The number of H-pyrrole nitrogens is 1. The molecule has 0 saturated heterocycles. The number of nitrogens with two attached hydrogens (primary N) is 1. The van der Waals surface area contributed by atoms with Crippen LogP contribution in [0.3, 0.4) is 0 Å². The number of carbonyl (C=O) groups excluding carboxylic acids is 1. The van der Waals surface area contributed by atoms with E-state index in [-0.39, 0.29) is 27.5 Å². The van der Waals surface area contributed by atoms with E-state index in [9.17, 15) is 17.6 Å². The Morgan fingerprint density at radius 1 is 1.15 bits per heavy atom. The first-order valence-corrected chi connectivity index (χ1v) is 11.1. The van der Waals surface area contributed by atoms with Crippen molar-refractivity contribution in [2.75, 3.05) is 11.8 Å². The van der Waals surface area contributed by atoms with Gasteiger partial charge in [0.05, 0.1) is 17.8 Å². The van der Waals surface area contributed by atoms with Crippen LogP contribution in [0.25, 0.3) is 22.0 Å². The van der Waals surface area contributed by atoms with Crippen LogP contribution in [0.1, 0.15) is 10.5 Å². The summed E-state index contributed by atoms with van der Waals surface area (Å²) in [6, 6.07) is 4.60. The van der Waals surface area contributed by atoms with Crippen LogP contribution in [0.2, 0.25) is 5.02 Å². The highest BCUT2D eigenvalue weighted by Gasteiger charge is 2.26. The third kappa shape index (κ3) is 3.99. The van der Waals surface area contributed by atoms with Gasteiger partial charge in [0.1, 0.15) is 11.3 Å². The molecule has 0 saturated carbocycles. The summed E-state index contributed by atoms with van der Waals surface area (Å²) in [7, 11) is -3.40. The monoisotopic (exact) mass is 511 g/mol. The van der Waals surface area contributed by atoms with E-state index >= 15 is 8.78 Å². The number of primary amides is 1. The van der Waals surface area contributed by atoms with Gasteiger partial charge in [0.2, 0.25) is 5.88 Å². The van der Waals surface area contributed by atoms with E-state index in [1.54, 1.807) is 0 Å². The molecule has 9 nitrogen and oxygen atoms in total. The van der Waals surface area contributed by atoms with Crippen LogP contribution in [0, 0.1) is 17.5 Å². The zero-order chi connectivity index (χ0) is 24.8. The highest BCUT2D eigenvalue weighted by Crippen LogP contribution is 2.35. The number of nitrogens with one attached hydrogen (secondary N) is 2. The maximum Gasteiger partial charge on any atom is 0.269 e. The number of halogens is 4. The summed E-state index contributed by atoms with van der Waals surface area (Å²) in [5.74, 6) is -4.65. The summed E-state index contributed by atoms with van der Waals surface area (Å²) in [5, 5.41) is 5.90. The topological polar surface area (TPSA) is 140 Å². The Balaban J connectivity index is 1.83. The lowest BCUT2D eigenvalue weighted by atomic mass is 10.0. The van der Waals surface area contributed by atoms with Crippen LogP contribution in [-0.4, -0.2) is 36.6 Å². The van der Waals surface area contributed by atoms with Gasteiger partial charge in [-0.05, 0) is 18.2 Å². The van der Waals surface area contributed by atoms with Crippen LogP contribution < -0.4 is 15.2 Å². The molecule has 2 aromatic carbocycles. The number of rotatable bonds is 6. The number of amides is 1. The van der Waals surface area contributed by atoms with Gasteiger partial charge in [-0.15, -0.1) is 0 Å². The molecule has 4 N–H and O–H groups in total. The number of pyridine rings is 1. The normalized spacial score (nSPS) is 11.6. The summed E-state index contributed by atoms with van der Waals surface area (Å²) in [6.07, 6.45) is 1.14. The Hall–Kier alpha value is -3.84. The Morgan fingerprint density at radius 3 is 2.56 bits per heavy atom. The summed E-state index contributed by atoms with van der Waals surface area (Å²) in [4.78, 5) is 14.6. The minimum absolute atomic E-state index is 0.0343. The molecule has 0 aliphatic rings. The van der Waals surface area contributed by atoms with Crippen molar-refractivity contribution in [1.29, 1.82) is 0 Å². The molecule has 4 rings (SSSR count). The predicted octanol–water partition coefficient (Wildman–Crippen LogP) is 3.60. The molecule has 2 heterocycles. The second-order valence-electron chi connectivity index (χ2n) is 6.87. The van der Waals surface area contributed by atoms with E-state index in [1.807, 2.05) is 4.72 Å². The standard InChI is InChI=1S/C20H13ClF3N5O4S/c1-33-20-14(4-8(21)7-26-20)34(31,32)29-13-6-9(22)5-12(15(13)23)10-2-3-11-17(16(10)24)27-28-18(11)19(25)30/h2-7,29H,1H3,(H2,25,30)(H,27,28). The molecule has 34 heavy (non-hydrogen) atoms. The van der Waals surface area contributed by atoms with E-state index in [4.69, 9.17) is 22.1 Å². The van der Waals surface area contributed by atoms with Gasteiger partial charge in [0.25, 0.3) is 15.9 Å². The van der Waals surface area contributed by atoms with Crippen molar-refractivity contribution < 1.29 is 31.1 Å². The van der Waals surface area contributed by atoms with Gasteiger partial charge < -0.3 is 10.5 Å². The van der Waals surface area contributed by atoms with E-state index in [1.165, 1.54) is 6.07 Å². The maximum atomic E-state index is 15.3. The average Bonchev–Trinajstić information content (AvgIpc) is 3.22. The Kier molecular flexibility index (Phi) is 5.83. The minimum Gasteiger partial charge on any atom is -0.480 e. The summed E-state index contributed by atoms with van der Waals surface area (Å²) in [6.45, 7) is 0. The molecule has 0 aliphatic carbocycles. The van der Waals surface area contributed by atoms with Crippen molar-refractivity contribution in [1.82, 2.24) is 15.2 Å². The van der Waals surface area contributed by atoms with Crippen molar-refractivity contribution in [3.63, 3.8) is 0 Å². The smallest absolute Gasteiger partial charge is 0.269 e. The minimum atomic E-state index is -4.56. The van der Waals surface area contributed by atoms with Crippen LogP contribution in [-0.2, 0) is 10.0 Å². The molecule has 0 unspecified atom stereocenters. The van der Waals surface area contributed by atoms with Crippen LogP contribution in [0.5, 0.6) is 5.88 Å². The van der Waals surface area contributed by atoms with Gasteiger partial charge in [0, 0.05) is 28.8 Å². The number of anilines is 1. The number of hydrogen-bond acceptors (Lipinski definition) is 6. The maximum absolute atomic E-state index is 15.3. The Labute approximate surface area is 194 Å². The third-order valence-corrected chi connectivity index (χ3v) is 6.32. The summed E-state index contributed by atoms with van der Waals surface area (Å²) in [5.41, 5.74) is 2.85. The molecular formula is C20H13ClF3N5O4S. The molecule has 0 bridgehead atoms. The number of hydrogen-bond donors (Lipinski definition) is 3. The average molecular weight is 512 g/mol. The number of fused-ring (bicyclic) bond motifs is 1. The van der Waals surface area contributed by atoms with Crippen molar-refractivity contribution in [3.05, 3.63) is 64.7 Å². The molecule has 0 radical (unpaired) electrons. The molecule has 176 valence electrons. The van der Waals surface area contributed by atoms with E-state index in [2.05, 4.69) is 15.2 Å². The summed E-state index contributed by atoms with van der Waals surface area (Å²) >= 11 is 5.81. The fraction of sp³-hybridized carbons (Fsp3) is 0.0500. The second kappa shape index (κ2) is 8.50. The SMILES string of the molecule is COc1ncc(Cl)cc1S(=O)(=O)Nc1cc(F)cc(-c2ccc3c(C(N)=O)n[nH]c3c2F)c1F. The van der Waals surface area contributed by atoms with E-state index < -0.39 is 55.1 Å². The van der Waals surface area contributed by atoms with Crippen molar-refractivity contribution in [2.45, 2.75) is 4.90 Å². The molecule has 0 atom stereocenters. The van der Waals surface area contributed by atoms with Crippen molar-refractivity contribution in [3.8, 4) is 17.0 Å². The molecule has 0 fully saturated rings. The molecule has 1 amide bonds. The number of sulfonamides is 1. The van der Waals surface area contributed by atoms with Crippen LogP contribution in [0.4, 0.5) is 18.9 Å². The highest BCUT2D eigenvalue weighted by atomic mass is 35.5. The van der Waals surface area contributed by atoms with Crippen LogP contribution >= 0.6 is 11.6 Å². The number of carbonyl (C=O) groups is 1. The lowest BCUT2D eigenvalue weighted by molar-refractivity contribution is 0.0997. The van der Waals surface area contributed by atoms with Gasteiger partial charge in [-0.25, -0.2) is 26.6 Å². The first-order chi connectivity index (χ1) is 16.0. The largest absolute Gasteiger partial charge is 0.480 e. The Morgan fingerprint density at radius 2 is 1.88 bits per heavy atom. The quantitative estimate of drug-likeness (QED) is 0.361. The number of benzene rings is 2. The molecule has 0 spiro atoms. The van der Waals surface area contributed by atoms with Gasteiger partial charge in [-0.2, -0.15) is 5.10 Å². The van der Waals surface area contributed by atoms with Gasteiger partial charge >= 0.3 is 0 Å². The van der Waals surface area contributed by atoms with E-state index in [0.29, 0.717) is 12.1 Å². The van der Waals surface area contributed by atoms with E-state index in [0.717, 1.165) is 25.4 Å². The zero-order valence-electron chi connectivity index (χ0n) is 17.0. The van der Waals surface area contributed by atoms with Gasteiger partial charge in [-0.1, -0.05) is 17.7 Å².